The van der Waals surface area contributed by atoms with Crippen molar-refractivity contribution >= 4 is 5.69 Å². The zero-order chi connectivity index (χ0) is 14.9. The fourth-order valence-corrected chi connectivity index (χ4v) is 2.83. The van der Waals surface area contributed by atoms with Crippen LogP contribution in [0.5, 0.6) is 5.75 Å². The minimum absolute atomic E-state index is 0.713. The second-order valence-electron chi connectivity index (χ2n) is 5.56. The molecule has 0 saturated carbocycles. The van der Waals surface area contributed by atoms with Crippen LogP contribution in [0.1, 0.15) is 38.2 Å². The van der Waals surface area contributed by atoms with Crippen molar-refractivity contribution in [3.63, 3.8) is 0 Å². The Kier molecular flexibility index (Phi) is 6.61. The van der Waals surface area contributed by atoms with E-state index in [0.717, 1.165) is 31.9 Å². The summed E-state index contributed by atoms with van der Waals surface area (Å²) in [5.74, 6) is 1.03. The van der Waals surface area contributed by atoms with Crippen LogP contribution in [-0.4, -0.2) is 26.2 Å². The normalized spacial score (nSPS) is 15.6. The van der Waals surface area contributed by atoms with Crippen LogP contribution in [0.25, 0.3) is 0 Å². The van der Waals surface area contributed by atoms with Crippen LogP contribution in [0, 0.1) is 0 Å². The lowest BCUT2D eigenvalue weighted by Gasteiger charge is -2.25. The molecule has 1 aromatic rings. The van der Waals surface area contributed by atoms with E-state index in [2.05, 4.69) is 41.9 Å². The standard InChI is InChI=1S/C18H28N2O/c1-3-11-19-15-16-9-10-17(18(14-16)21-4-2)20-12-7-5-6-8-13-20/h3,9-10,14,19H,1,4-8,11-13,15H2,2H3. The zero-order valence-corrected chi connectivity index (χ0v) is 13.2. The first kappa shape index (κ1) is 15.9. The SMILES string of the molecule is C=CCNCc1ccc(N2CCCCCC2)c(OCC)c1. The van der Waals surface area contributed by atoms with E-state index in [1.165, 1.54) is 36.9 Å². The maximum Gasteiger partial charge on any atom is 0.142 e. The van der Waals surface area contributed by atoms with E-state index in [0.29, 0.717) is 6.61 Å². The van der Waals surface area contributed by atoms with Gasteiger partial charge in [-0.15, -0.1) is 6.58 Å². The average molecular weight is 288 g/mol. The minimum Gasteiger partial charge on any atom is -0.492 e. The zero-order valence-electron chi connectivity index (χ0n) is 13.2. The van der Waals surface area contributed by atoms with Crippen molar-refractivity contribution in [3.05, 3.63) is 36.4 Å². The molecule has 1 N–H and O–H groups in total. The number of nitrogens with zero attached hydrogens (tertiary/aromatic N) is 1. The van der Waals surface area contributed by atoms with Crippen molar-refractivity contribution in [3.8, 4) is 5.75 Å². The van der Waals surface area contributed by atoms with Crippen molar-refractivity contribution in [1.82, 2.24) is 5.32 Å². The van der Waals surface area contributed by atoms with Gasteiger partial charge >= 0.3 is 0 Å². The number of hydrogen-bond donors (Lipinski definition) is 1. The molecule has 1 fully saturated rings. The van der Waals surface area contributed by atoms with Gasteiger partial charge in [-0.1, -0.05) is 25.0 Å². The summed E-state index contributed by atoms with van der Waals surface area (Å²) in [6.07, 6.45) is 7.16. The fraction of sp³-hybridized carbons (Fsp3) is 0.556. The maximum absolute atomic E-state index is 5.89. The molecule has 0 aromatic heterocycles. The molecule has 0 unspecified atom stereocenters. The third-order valence-electron chi connectivity index (χ3n) is 3.89. The van der Waals surface area contributed by atoms with Crippen molar-refractivity contribution in [1.29, 1.82) is 0 Å². The molecule has 1 aliphatic rings. The highest BCUT2D eigenvalue weighted by molar-refractivity contribution is 5.60. The van der Waals surface area contributed by atoms with Gasteiger partial charge in [0.25, 0.3) is 0 Å². The summed E-state index contributed by atoms with van der Waals surface area (Å²) in [6.45, 7) is 10.5. The third kappa shape index (κ3) is 4.78. The molecule has 3 heteroatoms. The molecule has 0 bridgehead atoms. The first-order valence-electron chi connectivity index (χ1n) is 8.17. The number of anilines is 1. The Morgan fingerprint density at radius 3 is 2.67 bits per heavy atom. The van der Waals surface area contributed by atoms with E-state index in [4.69, 9.17) is 4.74 Å². The molecule has 0 amide bonds. The van der Waals surface area contributed by atoms with Gasteiger partial charge in [0.05, 0.1) is 12.3 Å². The van der Waals surface area contributed by atoms with Crippen molar-refractivity contribution in [2.45, 2.75) is 39.2 Å². The van der Waals surface area contributed by atoms with Gasteiger partial charge in [-0.3, -0.25) is 0 Å². The Morgan fingerprint density at radius 1 is 1.24 bits per heavy atom. The molecule has 0 aliphatic carbocycles. The Morgan fingerprint density at radius 2 is 2.00 bits per heavy atom. The van der Waals surface area contributed by atoms with Crippen LogP contribution in [0.15, 0.2) is 30.9 Å². The predicted octanol–water partition coefficient (Wildman–Crippen LogP) is 3.74. The van der Waals surface area contributed by atoms with Gasteiger partial charge in [-0.25, -0.2) is 0 Å². The van der Waals surface area contributed by atoms with Gasteiger partial charge in [-0.2, -0.15) is 0 Å². The fourth-order valence-electron chi connectivity index (χ4n) is 2.83. The largest absolute Gasteiger partial charge is 0.492 e. The molecular formula is C18H28N2O. The van der Waals surface area contributed by atoms with Crippen LogP contribution < -0.4 is 15.0 Å². The Balaban J connectivity index is 2.13. The predicted molar refractivity (Wildman–Crippen MR) is 90.2 cm³/mol. The third-order valence-corrected chi connectivity index (χ3v) is 3.89. The summed E-state index contributed by atoms with van der Waals surface area (Å²) < 4.78 is 5.89. The van der Waals surface area contributed by atoms with E-state index in [1.54, 1.807) is 0 Å². The van der Waals surface area contributed by atoms with Crippen LogP contribution in [-0.2, 0) is 6.54 Å². The quantitative estimate of drug-likeness (QED) is 0.611. The molecule has 3 nitrogen and oxygen atoms in total. The van der Waals surface area contributed by atoms with Crippen LogP contribution in [0.3, 0.4) is 0 Å². The second kappa shape index (κ2) is 8.73. The van der Waals surface area contributed by atoms with E-state index in [1.807, 2.05) is 6.08 Å². The topological polar surface area (TPSA) is 24.5 Å². The molecule has 2 rings (SSSR count). The number of hydrogen-bond acceptors (Lipinski definition) is 3. The van der Waals surface area contributed by atoms with Gasteiger partial charge in [0.2, 0.25) is 0 Å². The number of benzene rings is 1. The smallest absolute Gasteiger partial charge is 0.142 e. The Bertz CT molecular complexity index is 437. The van der Waals surface area contributed by atoms with Gasteiger partial charge in [0.15, 0.2) is 0 Å². The summed E-state index contributed by atoms with van der Waals surface area (Å²) in [6, 6.07) is 6.61. The minimum atomic E-state index is 0.713. The molecular weight excluding hydrogens is 260 g/mol. The summed E-state index contributed by atoms with van der Waals surface area (Å²) in [4.78, 5) is 2.49. The monoisotopic (exact) mass is 288 g/mol. The molecule has 116 valence electrons. The van der Waals surface area contributed by atoms with Gasteiger partial charge in [0.1, 0.15) is 5.75 Å². The maximum atomic E-state index is 5.89. The molecule has 1 aromatic carbocycles. The molecule has 0 radical (unpaired) electrons. The van der Waals surface area contributed by atoms with Crippen molar-refractivity contribution in [2.24, 2.45) is 0 Å². The molecule has 1 aliphatic heterocycles. The number of ether oxygens (including phenoxy) is 1. The van der Waals surface area contributed by atoms with Crippen molar-refractivity contribution in [2.75, 3.05) is 31.1 Å². The summed E-state index contributed by atoms with van der Waals surface area (Å²) in [7, 11) is 0. The highest BCUT2D eigenvalue weighted by atomic mass is 16.5. The Labute approximate surface area is 129 Å². The number of rotatable bonds is 7. The lowest BCUT2D eigenvalue weighted by molar-refractivity contribution is 0.340. The van der Waals surface area contributed by atoms with E-state index >= 15 is 0 Å². The van der Waals surface area contributed by atoms with E-state index < -0.39 is 0 Å². The van der Waals surface area contributed by atoms with E-state index in [9.17, 15) is 0 Å². The summed E-state index contributed by atoms with van der Waals surface area (Å²) in [5.41, 5.74) is 2.52. The first-order chi connectivity index (χ1) is 10.3. The molecule has 1 heterocycles. The van der Waals surface area contributed by atoms with Gasteiger partial charge in [-0.05, 0) is 37.5 Å². The highest BCUT2D eigenvalue weighted by Crippen LogP contribution is 2.31. The Hall–Kier alpha value is -1.48. The lowest BCUT2D eigenvalue weighted by Crippen LogP contribution is -2.24. The van der Waals surface area contributed by atoms with Crippen LogP contribution in [0.4, 0.5) is 5.69 Å². The first-order valence-corrected chi connectivity index (χ1v) is 8.17. The molecule has 0 atom stereocenters. The van der Waals surface area contributed by atoms with Crippen LogP contribution >= 0.6 is 0 Å². The molecule has 0 spiro atoms. The highest BCUT2D eigenvalue weighted by Gasteiger charge is 2.14. The second-order valence-corrected chi connectivity index (χ2v) is 5.56. The van der Waals surface area contributed by atoms with Gasteiger partial charge < -0.3 is 15.0 Å². The average Bonchev–Trinajstić information content (AvgIpc) is 2.77. The summed E-state index contributed by atoms with van der Waals surface area (Å²) in [5, 5.41) is 3.34. The van der Waals surface area contributed by atoms with Crippen molar-refractivity contribution < 1.29 is 4.74 Å². The van der Waals surface area contributed by atoms with Crippen LogP contribution in [0.2, 0.25) is 0 Å². The van der Waals surface area contributed by atoms with Gasteiger partial charge in [0, 0.05) is 26.2 Å². The van der Waals surface area contributed by atoms with E-state index in [-0.39, 0.29) is 0 Å². The lowest BCUT2D eigenvalue weighted by atomic mass is 10.1. The molecule has 1 saturated heterocycles. The summed E-state index contributed by atoms with van der Waals surface area (Å²) >= 11 is 0. The number of nitrogens with one attached hydrogen (secondary N) is 1. The molecule has 21 heavy (non-hydrogen) atoms.